The highest BCUT2D eigenvalue weighted by Crippen LogP contribution is 2.24. The number of carbonyl (C=O) groups excluding carboxylic acids is 1. The lowest BCUT2D eigenvalue weighted by atomic mass is 10.1. The summed E-state index contributed by atoms with van der Waals surface area (Å²) in [6.45, 7) is 5.15. The van der Waals surface area contributed by atoms with E-state index in [4.69, 9.17) is 13.6 Å². The molecule has 8 nitrogen and oxygen atoms in total. The van der Waals surface area contributed by atoms with E-state index in [9.17, 15) is 14.4 Å². The van der Waals surface area contributed by atoms with Crippen LogP contribution in [0.4, 0.5) is 0 Å². The van der Waals surface area contributed by atoms with E-state index in [-0.39, 0.29) is 11.5 Å². The Morgan fingerprint density at radius 1 is 0.941 bits per heavy atom. The predicted octanol–water partition coefficient (Wildman–Crippen LogP) is 3.26. The first-order valence-electron chi connectivity index (χ1n) is 11.3. The molecule has 1 fully saturated rings. The molecule has 1 aliphatic heterocycles. The lowest BCUT2D eigenvalue weighted by molar-refractivity contribution is 0.0625. The molecular formula is C26H24N2O6. The van der Waals surface area contributed by atoms with Gasteiger partial charge in [-0.05, 0) is 42.8 Å². The van der Waals surface area contributed by atoms with Gasteiger partial charge in [0.05, 0.1) is 6.61 Å². The summed E-state index contributed by atoms with van der Waals surface area (Å²) in [7, 11) is 0. The quantitative estimate of drug-likeness (QED) is 0.422. The maximum Gasteiger partial charge on any atom is 0.349 e. The van der Waals surface area contributed by atoms with Crippen LogP contribution >= 0.6 is 0 Å². The van der Waals surface area contributed by atoms with Crippen molar-refractivity contribution >= 4 is 27.8 Å². The van der Waals surface area contributed by atoms with Crippen molar-refractivity contribution in [2.75, 3.05) is 32.8 Å². The summed E-state index contributed by atoms with van der Waals surface area (Å²) >= 11 is 0. The van der Waals surface area contributed by atoms with Crippen LogP contribution in [0, 0.1) is 0 Å². The second kappa shape index (κ2) is 9.15. The van der Waals surface area contributed by atoms with Crippen LogP contribution in [0.5, 0.6) is 5.75 Å². The molecule has 0 saturated carbocycles. The fourth-order valence-corrected chi connectivity index (χ4v) is 4.33. The minimum absolute atomic E-state index is 0.0438. The van der Waals surface area contributed by atoms with Crippen LogP contribution in [0.3, 0.4) is 0 Å². The summed E-state index contributed by atoms with van der Waals surface area (Å²) in [5.41, 5.74) is 0.843. The molecule has 0 unspecified atom stereocenters. The molecule has 1 amide bonds. The average molecular weight is 460 g/mol. The van der Waals surface area contributed by atoms with Gasteiger partial charge in [-0.2, -0.15) is 0 Å². The molecule has 1 saturated heterocycles. The van der Waals surface area contributed by atoms with E-state index < -0.39 is 11.3 Å². The Balaban J connectivity index is 1.31. The number of hydrogen-bond donors (Lipinski definition) is 0. The van der Waals surface area contributed by atoms with Gasteiger partial charge in [-0.3, -0.25) is 9.69 Å². The van der Waals surface area contributed by atoms with Crippen molar-refractivity contribution in [1.29, 1.82) is 0 Å². The maximum atomic E-state index is 13.0. The molecule has 0 spiro atoms. The Morgan fingerprint density at radius 3 is 2.53 bits per heavy atom. The largest absolute Gasteiger partial charge is 0.494 e. The van der Waals surface area contributed by atoms with Crippen molar-refractivity contribution < 1.29 is 18.4 Å². The van der Waals surface area contributed by atoms with Gasteiger partial charge in [0, 0.05) is 49.6 Å². The van der Waals surface area contributed by atoms with E-state index in [1.807, 2.05) is 25.1 Å². The monoisotopic (exact) mass is 460 g/mol. The molecule has 0 radical (unpaired) electrons. The average Bonchev–Trinajstić information content (AvgIpc) is 2.84. The van der Waals surface area contributed by atoms with Crippen LogP contribution in [-0.2, 0) is 6.54 Å². The first-order chi connectivity index (χ1) is 16.5. The van der Waals surface area contributed by atoms with Gasteiger partial charge in [0.25, 0.3) is 5.91 Å². The molecule has 0 atom stereocenters. The first-order valence-corrected chi connectivity index (χ1v) is 11.3. The number of hydrogen-bond acceptors (Lipinski definition) is 7. The van der Waals surface area contributed by atoms with Gasteiger partial charge in [-0.25, -0.2) is 9.59 Å². The second-order valence-corrected chi connectivity index (χ2v) is 8.24. The van der Waals surface area contributed by atoms with Crippen molar-refractivity contribution in [3.63, 3.8) is 0 Å². The SMILES string of the molecule is CCOc1ccc2oc(=O)cc(CN3CCN(C(=O)c4cc5ccccc5oc4=O)CC3)c2c1. The minimum Gasteiger partial charge on any atom is -0.494 e. The van der Waals surface area contributed by atoms with E-state index in [0.717, 1.165) is 16.7 Å². The smallest absolute Gasteiger partial charge is 0.349 e. The topological polar surface area (TPSA) is 93.2 Å². The summed E-state index contributed by atoms with van der Waals surface area (Å²) < 4.78 is 16.3. The Bertz CT molecular complexity index is 1480. The molecule has 4 aromatic rings. The molecule has 174 valence electrons. The predicted molar refractivity (Wildman–Crippen MR) is 127 cm³/mol. The number of fused-ring (bicyclic) bond motifs is 2. The lowest BCUT2D eigenvalue weighted by Crippen LogP contribution is -2.49. The standard InChI is InChI=1S/C26H24N2O6/c1-2-32-19-7-8-23-20(15-19)18(14-24(29)33-23)16-27-9-11-28(12-10-27)25(30)21-13-17-5-3-4-6-22(17)34-26(21)31/h3-8,13-15H,2,9-12,16H2,1H3. The number of para-hydroxylation sites is 1. The zero-order valence-corrected chi connectivity index (χ0v) is 18.8. The number of rotatable bonds is 5. The van der Waals surface area contributed by atoms with Gasteiger partial charge in [0.15, 0.2) is 0 Å². The van der Waals surface area contributed by atoms with E-state index in [1.165, 1.54) is 6.07 Å². The number of amides is 1. The fraction of sp³-hybridized carbons (Fsp3) is 0.269. The second-order valence-electron chi connectivity index (χ2n) is 8.24. The van der Waals surface area contributed by atoms with Crippen LogP contribution in [0.15, 0.2) is 73.0 Å². The van der Waals surface area contributed by atoms with Gasteiger partial charge < -0.3 is 18.5 Å². The summed E-state index contributed by atoms with van der Waals surface area (Å²) in [4.78, 5) is 41.3. The highest BCUT2D eigenvalue weighted by atomic mass is 16.5. The van der Waals surface area contributed by atoms with E-state index in [2.05, 4.69) is 4.90 Å². The van der Waals surface area contributed by atoms with Gasteiger partial charge in [0.2, 0.25) is 0 Å². The van der Waals surface area contributed by atoms with Gasteiger partial charge >= 0.3 is 11.3 Å². The third kappa shape index (κ3) is 4.32. The Labute approximate surface area is 194 Å². The molecule has 0 bridgehead atoms. The number of ether oxygens (including phenoxy) is 1. The van der Waals surface area contributed by atoms with Crippen molar-refractivity contribution in [3.05, 3.63) is 86.6 Å². The molecule has 0 N–H and O–H groups in total. The van der Waals surface area contributed by atoms with E-state index in [1.54, 1.807) is 35.2 Å². The van der Waals surface area contributed by atoms with Gasteiger partial charge in [0.1, 0.15) is 22.5 Å². The van der Waals surface area contributed by atoms with Crippen molar-refractivity contribution in [2.45, 2.75) is 13.5 Å². The highest BCUT2D eigenvalue weighted by molar-refractivity contribution is 5.96. The summed E-state index contributed by atoms with van der Waals surface area (Å²) in [6, 6.07) is 15.7. The molecule has 8 heteroatoms. The lowest BCUT2D eigenvalue weighted by Gasteiger charge is -2.34. The maximum absolute atomic E-state index is 13.0. The third-order valence-corrected chi connectivity index (χ3v) is 6.04. The summed E-state index contributed by atoms with van der Waals surface area (Å²) in [5, 5.41) is 1.54. The number of benzene rings is 2. The van der Waals surface area contributed by atoms with Crippen LogP contribution in [0.2, 0.25) is 0 Å². The molecule has 1 aliphatic rings. The Kier molecular flexibility index (Phi) is 5.90. The Morgan fingerprint density at radius 2 is 1.74 bits per heavy atom. The molecule has 0 aliphatic carbocycles. The molecule has 2 aromatic heterocycles. The third-order valence-electron chi connectivity index (χ3n) is 6.04. The molecule has 5 rings (SSSR count). The minimum atomic E-state index is -0.626. The van der Waals surface area contributed by atoms with Crippen LogP contribution in [0.25, 0.3) is 21.9 Å². The van der Waals surface area contributed by atoms with Crippen molar-refractivity contribution in [1.82, 2.24) is 9.80 Å². The van der Waals surface area contributed by atoms with Crippen LogP contribution < -0.4 is 16.0 Å². The molecule has 34 heavy (non-hydrogen) atoms. The van der Waals surface area contributed by atoms with E-state index in [0.29, 0.717) is 55.9 Å². The number of piperazine rings is 1. The normalized spacial score (nSPS) is 14.6. The first kappa shape index (κ1) is 21.9. The number of nitrogens with zero attached hydrogens (tertiary/aromatic N) is 2. The molecule has 2 aromatic carbocycles. The zero-order chi connectivity index (χ0) is 23.7. The van der Waals surface area contributed by atoms with E-state index >= 15 is 0 Å². The summed E-state index contributed by atoms with van der Waals surface area (Å²) in [5.74, 6) is 0.390. The fourth-order valence-electron chi connectivity index (χ4n) is 4.33. The van der Waals surface area contributed by atoms with Gasteiger partial charge in [-0.15, -0.1) is 0 Å². The van der Waals surface area contributed by atoms with Crippen molar-refractivity contribution in [2.24, 2.45) is 0 Å². The number of carbonyl (C=O) groups is 1. The molecular weight excluding hydrogens is 436 g/mol. The van der Waals surface area contributed by atoms with Crippen LogP contribution in [0.1, 0.15) is 22.8 Å². The van der Waals surface area contributed by atoms with Crippen molar-refractivity contribution in [3.8, 4) is 5.75 Å². The molecule has 3 heterocycles. The van der Waals surface area contributed by atoms with Crippen LogP contribution in [-0.4, -0.2) is 48.5 Å². The zero-order valence-electron chi connectivity index (χ0n) is 18.8. The van der Waals surface area contributed by atoms with Gasteiger partial charge in [-0.1, -0.05) is 18.2 Å². The summed E-state index contributed by atoms with van der Waals surface area (Å²) in [6.07, 6.45) is 0. The Hall–Kier alpha value is -3.91. The highest BCUT2D eigenvalue weighted by Gasteiger charge is 2.25.